The molecule has 0 unspecified atom stereocenters. The van der Waals surface area contributed by atoms with Crippen molar-refractivity contribution in [2.45, 2.75) is 0 Å². The van der Waals surface area contributed by atoms with E-state index in [1.165, 1.54) is 0 Å². The maximum atomic E-state index is 6.06. The van der Waals surface area contributed by atoms with E-state index < -0.39 is 0 Å². The Morgan fingerprint density at radius 3 is 2.41 bits per heavy atom. The van der Waals surface area contributed by atoms with Crippen LogP contribution >= 0.6 is 11.6 Å². The van der Waals surface area contributed by atoms with Gasteiger partial charge in [0.05, 0.1) is 7.11 Å². The van der Waals surface area contributed by atoms with Crippen LogP contribution in [0.4, 0.5) is 5.95 Å². The fraction of sp³-hybridized carbons (Fsp3) is 0.0625. The maximum Gasteiger partial charge on any atom is 0.240 e. The van der Waals surface area contributed by atoms with E-state index >= 15 is 0 Å². The number of hydrogen-bond donors (Lipinski definition) is 1. The van der Waals surface area contributed by atoms with Gasteiger partial charge >= 0.3 is 0 Å². The number of halogens is 1. The molecule has 0 saturated carbocycles. The highest BCUT2D eigenvalue weighted by atomic mass is 35.5. The van der Waals surface area contributed by atoms with Gasteiger partial charge in [-0.2, -0.15) is 0 Å². The molecule has 6 heteroatoms. The van der Waals surface area contributed by atoms with Crippen LogP contribution < -0.4 is 10.5 Å². The van der Waals surface area contributed by atoms with Crippen molar-refractivity contribution < 1.29 is 4.74 Å². The predicted molar refractivity (Wildman–Crippen MR) is 86.7 cm³/mol. The zero-order valence-corrected chi connectivity index (χ0v) is 12.6. The largest absolute Gasteiger partial charge is 0.497 e. The number of benzene rings is 2. The normalized spacial score (nSPS) is 10.5. The van der Waals surface area contributed by atoms with Crippen LogP contribution in [0.1, 0.15) is 0 Å². The summed E-state index contributed by atoms with van der Waals surface area (Å²) >= 11 is 6.06. The van der Waals surface area contributed by atoms with Gasteiger partial charge in [-0.3, -0.25) is 0 Å². The summed E-state index contributed by atoms with van der Waals surface area (Å²) in [6.45, 7) is 0. The molecule has 0 aliphatic heterocycles. The molecule has 1 aromatic heterocycles. The minimum atomic E-state index is 0.114. The molecule has 0 aliphatic carbocycles. The molecule has 2 aromatic carbocycles. The Hall–Kier alpha value is -2.66. The quantitative estimate of drug-likeness (QED) is 0.801. The Labute approximate surface area is 132 Å². The third-order valence-electron chi connectivity index (χ3n) is 3.14. The van der Waals surface area contributed by atoms with E-state index in [2.05, 4.69) is 15.2 Å². The van der Waals surface area contributed by atoms with Crippen LogP contribution in [0.15, 0.2) is 48.5 Å². The van der Waals surface area contributed by atoms with E-state index in [4.69, 9.17) is 22.1 Å². The third-order valence-corrected chi connectivity index (χ3v) is 3.38. The van der Waals surface area contributed by atoms with Crippen LogP contribution in [-0.4, -0.2) is 22.3 Å². The van der Waals surface area contributed by atoms with E-state index in [1.807, 2.05) is 42.5 Å². The molecule has 110 valence electrons. The number of hydrogen-bond acceptors (Lipinski definition) is 5. The highest BCUT2D eigenvalue weighted by Crippen LogP contribution is 2.31. The van der Waals surface area contributed by atoms with Crippen LogP contribution in [0.2, 0.25) is 5.02 Å². The number of nitrogens with zero attached hydrogens (tertiary/aromatic N) is 3. The van der Waals surface area contributed by atoms with E-state index in [1.54, 1.807) is 13.2 Å². The lowest BCUT2D eigenvalue weighted by Crippen LogP contribution is -2.02. The SMILES string of the molecule is COc1cccc(-c2nc(N)nnc2-c2cccc(Cl)c2)c1. The average molecular weight is 313 g/mol. The van der Waals surface area contributed by atoms with Gasteiger partial charge in [-0.15, -0.1) is 10.2 Å². The van der Waals surface area contributed by atoms with Crippen LogP contribution in [0.5, 0.6) is 5.75 Å². The summed E-state index contributed by atoms with van der Waals surface area (Å²) in [5.74, 6) is 0.843. The highest BCUT2D eigenvalue weighted by Gasteiger charge is 2.13. The zero-order valence-electron chi connectivity index (χ0n) is 11.8. The Balaban J connectivity index is 2.20. The number of ether oxygens (including phenoxy) is 1. The van der Waals surface area contributed by atoms with Gasteiger partial charge in [-0.25, -0.2) is 4.98 Å². The molecular formula is C16H13ClN4O. The lowest BCUT2D eigenvalue weighted by molar-refractivity contribution is 0.415. The Kier molecular flexibility index (Phi) is 3.89. The Morgan fingerprint density at radius 1 is 0.955 bits per heavy atom. The zero-order chi connectivity index (χ0) is 15.5. The summed E-state index contributed by atoms with van der Waals surface area (Å²) in [7, 11) is 1.61. The van der Waals surface area contributed by atoms with Crippen molar-refractivity contribution in [1.82, 2.24) is 15.2 Å². The van der Waals surface area contributed by atoms with Crippen LogP contribution in [0.25, 0.3) is 22.5 Å². The van der Waals surface area contributed by atoms with Gasteiger partial charge in [0.2, 0.25) is 5.95 Å². The number of nitrogen functional groups attached to an aromatic ring is 1. The molecule has 0 bridgehead atoms. The van der Waals surface area contributed by atoms with E-state index in [0.717, 1.165) is 16.9 Å². The third kappa shape index (κ3) is 2.84. The second-order valence-corrected chi connectivity index (χ2v) is 5.05. The van der Waals surface area contributed by atoms with E-state index in [9.17, 15) is 0 Å². The summed E-state index contributed by atoms with van der Waals surface area (Å²) in [4.78, 5) is 4.33. The Morgan fingerprint density at radius 2 is 1.68 bits per heavy atom. The lowest BCUT2D eigenvalue weighted by Gasteiger charge is -2.09. The molecule has 0 spiro atoms. The second-order valence-electron chi connectivity index (χ2n) is 4.61. The molecule has 3 aromatic rings. The Bertz CT molecular complexity index is 823. The van der Waals surface area contributed by atoms with Crippen molar-refractivity contribution in [2.24, 2.45) is 0 Å². The van der Waals surface area contributed by atoms with Gasteiger partial charge in [0, 0.05) is 16.1 Å². The first kappa shape index (κ1) is 14.3. The van der Waals surface area contributed by atoms with Crippen molar-refractivity contribution in [3.05, 3.63) is 53.6 Å². The molecule has 22 heavy (non-hydrogen) atoms. The topological polar surface area (TPSA) is 73.9 Å². The van der Waals surface area contributed by atoms with E-state index in [-0.39, 0.29) is 5.95 Å². The minimum Gasteiger partial charge on any atom is -0.497 e. The molecule has 5 nitrogen and oxygen atoms in total. The van der Waals surface area contributed by atoms with Gasteiger partial charge in [0.1, 0.15) is 17.1 Å². The van der Waals surface area contributed by atoms with Crippen LogP contribution in [0.3, 0.4) is 0 Å². The first-order valence-corrected chi connectivity index (χ1v) is 6.96. The van der Waals surface area contributed by atoms with Gasteiger partial charge in [0.15, 0.2) is 0 Å². The number of methoxy groups -OCH3 is 1. The van der Waals surface area contributed by atoms with Crippen LogP contribution in [-0.2, 0) is 0 Å². The van der Waals surface area contributed by atoms with Crippen LogP contribution in [0, 0.1) is 0 Å². The predicted octanol–water partition coefficient (Wildman–Crippen LogP) is 3.45. The maximum absolute atomic E-state index is 6.06. The highest BCUT2D eigenvalue weighted by molar-refractivity contribution is 6.30. The average Bonchev–Trinajstić information content (AvgIpc) is 2.55. The summed E-state index contributed by atoms with van der Waals surface area (Å²) in [6, 6.07) is 14.9. The first-order chi connectivity index (χ1) is 10.7. The first-order valence-electron chi connectivity index (χ1n) is 6.58. The fourth-order valence-corrected chi connectivity index (χ4v) is 2.33. The molecule has 3 rings (SSSR count). The monoisotopic (exact) mass is 312 g/mol. The molecule has 0 amide bonds. The van der Waals surface area contributed by atoms with Crippen molar-refractivity contribution in [1.29, 1.82) is 0 Å². The van der Waals surface area contributed by atoms with Crippen molar-refractivity contribution in [2.75, 3.05) is 12.8 Å². The van der Waals surface area contributed by atoms with Gasteiger partial charge < -0.3 is 10.5 Å². The molecule has 1 heterocycles. The standard InChI is InChI=1S/C16H13ClN4O/c1-22-13-7-3-5-11(9-13)14-15(20-21-16(18)19-14)10-4-2-6-12(17)8-10/h2-9H,1H3,(H2,18,19,21). The van der Waals surface area contributed by atoms with Crippen molar-refractivity contribution in [3.8, 4) is 28.3 Å². The van der Waals surface area contributed by atoms with Crippen molar-refractivity contribution >= 4 is 17.5 Å². The summed E-state index contributed by atoms with van der Waals surface area (Å²) in [5, 5.41) is 8.66. The molecule has 0 fully saturated rings. The molecule has 0 radical (unpaired) electrons. The second kappa shape index (κ2) is 5.99. The lowest BCUT2D eigenvalue weighted by atomic mass is 10.0. The molecular weight excluding hydrogens is 300 g/mol. The fourth-order valence-electron chi connectivity index (χ4n) is 2.14. The summed E-state index contributed by atoms with van der Waals surface area (Å²) in [5.41, 5.74) is 8.62. The number of rotatable bonds is 3. The van der Waals surface area contributed by atoms with Gasteiger partial charge in [0.25, 0.3) is 0 Å². The van der Waals surface area contributed by atoms with E-state index in [0.29, 0.717) is 16.4 Å². The molecule has 0 aliphatic rings. The summed E-state index contributed by atoms with van der Waals surface area (Å²) < 4.78 is 5.26. The molecule has 2 N–H and O–H groups in total. The minimum absolute atomic E-state index is 0.114. The van der Waals surface area contributed by atoms with Crippen molar-refractivity contribution in [3.63, 3.8) is 0 Å². The van der Waals surface area contributed by atoms with Gasteiger partial charge in [-0.05, 0) is 24.3 Å². The smallest absolute Gasteiger partial charge is 0.240 e. The number of nitrogens with two attached hydrogens (primary N) is 1. The molecule has 0 saturated heterocycles. The van der Waals surface area contributed by atoms with Gasteiger partial charge in [-0.1, -0.05) is 35.9 Å². The summed E-state index contributed by atoms with van der Waals surface area (Å²) in [6.07, 6.45) is 0. The molecule has 0 atom stereocenters. The number of aromatic nitrogens is 3. The number of anilines is 1.